The van der Waals surface area contributed by atoms with Crippen LogP contribution in [0.5, 0.6) is 0 Å². The van der Waals surface area contributed by atoms with Gasteiger partial charge in [-0.25, -0.2) is 0 Å². The highest BCUT2D eigenvalue weighted by molar-refractivity contribution is 6.07. The van der Waals surface area contributed by atoms with Gasteiger partial charge in [-0.3, -0.25) is 10.1 Å². The summed E-state index contributed by atoms with van der Waals surface area (Å²) in [5.74, 6) is -0.0648. The SMILES string of the molecule is CCCNc1ccccc1C(=O)Nc1nnn(C)n1. The van der Waals surface area contributed by atoms with Gasteiger partial charge >= 0.3 is 0 Å². The van der Waals surface area contributed by atoms with Gasteiger partial charge in [-0.1, -0.05) is 24.2 Å². The van der Waals surface area contributed by atoms with Crippen molar-refractivity contribution < 1.29 is 4.79 Å². The first-order chi connectivity index (χ1) is 9.20. The second kappa shape index (κ2) is 5.94. The quantitative estimate of drug-likeness (QED) is 0.846. The number of rotatable bonds is 5. The maximum atomic E-state index is 12.1. The summed E-state index contributed by atoms with van der Waals surface area (Å²) < 4.78 is 0. The lowest BCUT2D eigenvalue weighted by Gasteiger charge is -2.10. The highest BCUT2D eigenvalue weighted by atomic mass is 16.1. The van der Waals surface area contributed by atoms with Crippen molar-refractivity contribution in [2.75, 3.05) is 17.2 Å². The Kier molecular flexibility index (Phi) is 4.07. The molecule has 1 aromatic carbocycles. The first-order valence-electron chi connectivity index (χ1n) is 6.09. The summed E-state index contributed by atoms with van der Waals surface area (Å²) in [7, 11) is 1.64. The summed E-state index contributed by atoms with van der Waals surface area (Å²) in [5, 5.41) is 17.1. The van der Waals surface area contributed by atoms with Crippen LogP contribution in [0, 0.1) is 0 Å². The van der Waals surface area contributed by atoms with E-state index < -0.39 is 0 Å². The van der Waals surface area contributed by atoms with E-state index in [4.69, 9.17) is 0 Å². The van der Waals surface area contributed by atoms with E-state index in [2.05, 4.69) is 33.0 Å². The zero-order valence-electron chi connectivity index (χ0n) is 10.9. The Morgan fingerprint density at radius 3 is 2.84 bits per heavy atom. The molecule has 7 heteroatoms. The summed E-state index contributed by atoms with van der Waals surface area (Å²) in [6.45, 7) is 2.88. The third-order valence-corrected chi connectivity index (χ3v) is 2.47. The van der Waals surface area contributed by atoms with E-state index in [1.165, 1.54) is 4.80 Å². The Bertz CT molecular complexity index is 565. The van der Waals surface area contributed by atoms with Gasteiger partial charge in [0.05, 0.1) is 12.6 Å². The monoisotopic (exact) mass is 260 g/mol. The average Bonchev–Trinajstić information content (AvgIpc) is 2.82. The number of hydrogen-bond acceptors (Lipinski definition) is 5. The number of para-hydroxylation sites is 1. The van der Waals surface area contributed by atoms with Crippen molar-refractivity contribution in [3.63, 3.8) is 0 Å². The molecule has 0 aliphatic heterocycles. The van der Waals surface area contributed by atoms with E-state index in [0.29, 0.717) is 5.56 Å². The first kappa shape index (κ1) is 13.0. The van der Waals surface area contributed by atoms with Crippen LogP contribution in [0.4, 0.5) is 11.6 Å². The fourth-order valence-corrected chi connectivity index (χ4v) is 1.60. The molecule has 2 rings (SSSR count). The molecule has 1 amide bonds. The Balaban J connectivity index is 2.14. The molecule has 1 aromatic heterocycles. The molecule has 0 unspecified atom stereocenters. The van der Waals surface area contributed by atoms with Gasteiger partial charge in [-0.2, -0.15) is 4.80 Å². The molecule has 2 N–H and O–H groups in total. The van der Waals surface area contributed by atoms with Crippen molar-refractivity contribution in [1.29, 1.82) is 0 Å². The van der Waals surface area contributed by atoms with Crippen LogP contribution in [0.15, 0.2) is 24.3 Å². The smallest absolute Gasteiger partial charge is 0.270 e. The third-order valence-electron chi connectivity index (χ3n) is 2.47. The summed E-state index contributed by atoms with van der Waals surface area (Å²) in [4.78, 5) is 13.4. The fraction of sp³-hybridized carbons (Fsp3) is 0.333. The maximum absolute atomic E-state index is 12.1. The number of aromatic nitrogens is 4. The predicted octanol–water partition coefficient (Wildman–Crippen LogP) is 1.28. The van der Waals surface area contributed by atoms with Gasteiger partial charge in [-0.05, 0) is 23.8 Å². The van der Waals surface area contributed by atoms with Crippen LogP contribution in [-0.4, -0.2) is 32.7 Å². The van der Waals surface area contributed by atoms with Crippen molar-refractivity contribution >= 4 is 17.5 Å². The van der Waals surface area contributed by atoms with E-state index in [1.54, 1.807) is 13.1 Å². The number of tetrazole rings is 1. The van der Waals surface area contributed by atoms with E-state index in [9.17, 15) is 4.79 Å². The molecule has 0 spiro atoms. The highest BCUT2D eigenvalue weighted by Gasteiger charge is 2.12. The second-order valence-corrected chi connectivity index (χ2v) is 4.03. The summed E-state index contributed by atoms with van der Waals surface area (Å²) >= 11 is 0. The van der Waals surface area contributed by atoms with Gasteiger partial charge in [0.15, 0.2) is 0 Å². The van der Waals surface area contributed by atoms with Crippen LogP contribution >= 0.6 is 0 Å². The third kappa shape index (κ3) is 3.27. The molecule has 0 aliphatic carbocycles. The first-order valence-corrected chi connectivity index (χ1v) is 6.09. The van der Waals surface area contributed by atoms with Gasteiger partial charge in [0.1, 0.15) is 0 Å². The molecule has 1 heterocycles. The molecule has 0 radical (unpaired) electrons. The largest absolute Gasteiger partial charge is 0.384 e. The molecule has 0 saturated carbocycles. The molecule has 0 aliphatic rings. The maximum Gasteiger partial charge on any atom is 0.270 e. The molecular formula is C12H16N6O. The van der Waals surface area contributed by atoms with E-state index in [-0.39, 0.29) is 11.9 Å². The van der Waals surface area contributed by atoms with E-state index >= 15 is 0 Å². The molecule has 2 aromatic rings. The fourth-order valence-electron chi connectivity index (χ4n) is 1.60. The number of nitrogens with zero attached hydrogens (tertiary/aromatic N) is 4. The Hall–Kier alpha value is -2.44. The number of benzene rings is 1. The van der Waals surface area contributed by atoms with Crippen molar-refractivity contribution in [3.8, 4) is 0 Å². The normalized spacial score (nSPS) is 10.2. The summed E-state index contributed by atoms with van der Waals surface area (Å²) in [5.41, 5.74) is 1.36. The second-order valence-electron chi connectivity index (χ2n) is 4.03. The van der Waals surface area contributed by atoms with Gasteiger partial charge in [0.2, 0.25) is 0 Å². The van der Waals surface area contributed by atoms with Gasteiger partial charge < -0.3 is 5.32 Å². The molecule has 0 saturated heterocycles. The van der Waals surface area contributed by atoms with E-state index in [1.807, 2.05) is 18.2 Å². The Labute approximate surface area is 111 Å². The van der Waals surface area contributed by atoms with Crippen molar-refractivity contribution in [2.24, 2.45) is 7.05 Å². The predicted molar refractivity (Wildman–Crippen MR) is 72.0 cm³/mol. The topological polar surface area (TPSA) is 84.7 Å². The van der Waals surface area contributed by atoms with Crippen LogP contribution in [-0.2, 0) is 7.05 Å². The van der Waals surface area contributed by atoms with Crippen molar-refractivity contribution in [1.82, 2.24) is 20.2 Å². The zero-order chi connectivity index (χ0) is 13.7. The minimum absolute atomic E-state index is 0.192. The van der Waals surface area contributed by atoms with E-state index in [0.717, 1.165) is 18.7 Å². The van der Waals surface area contributed by atoms with Gasteiger partial charge in [0, 0.05) is 12.2 Å². The molecular weight excluding hydrogens is 244 g/mol. The standard InChI is InChI=1S/C12H16N6O/c1-3-8-13-10-7-5-4-6-9(10)11(19)14-12-15-17-18(2)16-12/h4-7,13H,3,8H2,1-2H3,(H,14,16,19). The number of amides is 1. The number of hydrogen-bond donors (Lipinski definition) is 2. The number of anilines is 2. The Morgan fingerprint density at radius 2 is 2.16 bits per heavy atom. The molecule has 100 valence electrons. The van der Waals surface area contributed by atoms with Crippen LogP contribution in [0.2, 0.25) is 0 Å². The lowest BCUT2D eigenvalue weighted by Crippen LogP contribution is -2.16. The molecule has 0 atom stereocenters. The zero-order valence-corrected chi connectivity index (χ0v) is 10.9. The van der Waals surface area contributed by atoms with Crippen LogP contribution < -0.4 is 10.6 Å². The lowest BCUT2D eigenvalue weighted by molar-refractivity contribution is 0.102. The molecule has 7 nitrogen and oxygen atoms in total. The van der Waals surface area contributed by atoms with Crippen LogP contribution in [0.1, 0.15) is 23.7 Å². The van der Waals surface area contributed by atoms with Crippen LogP contribution in [0.25, 0.3) is 0 Å². The molecule has 0 bridgehead atoms. The van der Waals surface area contributed by atoms with Gasteiger partial charge in [0.25, 0.3) is 11.9 Å². The summed E-state index contributed by atoms with van der Waals surface area (Å²) in [6.07, 6.45) is 0.988. The summed E-state index contributed by atoms with van der Waals surface area (Å²) in [6, 6.07) is 7.32. The van der Waals surface area contributed by atoms with Crippen LogP contribution in [0.3, 0.4) is 0 Å². The highest BCUT2D eigenvalue weighted by Crippen LogP contribution is 2.16. The minimum Gasteiger partial charge on any atom is -0.384 e. The number of aryl methyl sites for hydroxylation is 1. The van der Waals surface area contributed by atoms with Gasteiger partial charge in [-0.15, -0.1) is 5.10 Å². The number of carbonyl (C=O) groups excluding carboxylic acids is 1. The molecule has 0 fully saturated rings. The lowest BCUT2D eigenvalue weighted by atomic mass is 10.1. The van der Waals surface area contributed by atoms with Crippen molar-refractivity contribution in [2.45, 2.75) is 13.3 Å². The molecule has 19 heavy (non-hydrogen) atoms. The number of carbonyl (C=O) groups is 1. The van der Waals surface area contributed by atoms with Crippen molar-refractivity contribution in [3.05, 3.63) is 29.8 Å². The Morgan fingerprint density at radius 1 is 1.37 bits per heavy atom. The number of nitrogens with one attached hydrogen (secondary N) is 2. The minimum atomic E-state index is -0.257. The average molecular weight is 260 g/mol.